The average Bonchev–Trinajstić information content (AvgIpc) is 3.27. The van der Waals surface area contributed by atoms with E-state index in [1.807, 2.05) is 41.1 Å². The number of rotatable bonds is 7. The number of hydrogen-bond acceptors (Lipinski definition) is 5. The Morgan fingerprint density at radius 1 is 1.09 bits per heavy atom. The van der Waals surface area contributed by atoms with Gasteiger partial charge in [0.05, 0.1) is 24.9 Å². The molecule has 1 aliphatic rings. The molecule has 4 rings (SSSR count). The molecule has 1 N–H and O–H groups in total. The summed E-state index contributed by atoms with van der Waals surface area (Å²) in [7, 11) is 1.56. The minimum Gasteiger partial charge on any atom is -0.496 e. The fourth-order valence-corrected chi connectivity index (χ4v) is 4.19. The van der Waals surface area contributed by atoms with E-state index in [-0.39, 0.29) is 17.7 Å². The predicted octanol–water partition coefficient (Wildman–Crippen LogP) is 4.18. The molecule has 1 fully saturated rings. The van der Waals surface area contributed by atoms with Crippen molar-refractivity contribution in [1.82, 2.24) is 14.7 Å². The lowest BCUT2D eigenvalue weighted by molar-refractivity contribution is 0.101. The maximum absolute atomic E-state index is 12.8. The molecule has 0 radical (unpaired) electrons. The van der Waals surface area contributed by atoms with Crippen molar-refractivity contribution in [1.29, 1.82) is 0 Å². The Morgan fingerprint density at radius 3 is 2.62 bits per heavy atom. The van der Waals surface area contributed by atoms with Crippen LogP contribution in [0.4, 0.5) is 5.82 Å². The highest BCUT2D eigenvalue weighted by atomic mass is 16.5. The number of hydrogen-bond donors (Lipinski definition) is 1. The van der Waals surface area contributed by atoms with Crippen molar-refractivity contribution >= 4 is 17.5 Å². The average molecular weight is 433 g/mol. The number of likely N-dealkylation sites (tertiary alicyclic amines) is 1. The molecule has 0 atom stereocenters. The molecule has 1 aromatic heterocycles. The highest BCUT2D eigenvalue weighted by molar-refractivity contribution is 6.05. The molecule has 0 unspecified atom stereocenters. The summed E-state index contributed by atoms with van der Waals surface area (Å²) in [6, 6.07) is 17.1. The number of benzene rings is 2. The highest BCUT2D eigenvalue weighted by Gasteiger charge is 2.24. The number of nitrogens with zero attached hydrogens (tertiary/aromatic N) is 3. The minimum absolute atomic E-state index is 0.0898. The van der Waals surface area contributed by atoms with Gasteiger partial charge in [-0.2, -0.15) is 5.10 Å². The second-order valence-corrected chi connectivity index (χ2v) is 8.08. The van der Waals surface area contributed by atoms with Crippen molar-refractivity contribution in [2.45, 2.75) is 32.4 Å². The number of carbonyl (C=O) groups is 2. The predicted molar refractivity (Wildman–Crippen MR) is 123 cm³/mol. The first kappa shape index (κ1) is 21.8. The summed E-state index contributed by atoms with van der Waals surface area (Å²) in [6.07, 6.45) is 3.59. The fraction of sp³-hybridized carbons (Fsp3) is 0.320. The lowest BCUT2D eigenvalue weighted by Crippen LogP contribution is -2.35. The number of ether oxygens (including phenoxy) is 1. The summed E-state index contributed by atoms with van der Waals surface area (Å²) in [5, 5.41) is 7.47. The molecule has 32 heavy (non-hydrogen) atoms. The molecule has 2 heterocycles. The summed E-state index contributed by atoms with van der Waals surface area (Å²) >= 11 is 0. The molecule has 0 bridgehead atoms. The van der Waals surface area contributed by atoms with Crippen LogP contribution in [0.5, 0.6) is 5.75 Å². The van der Waals surface area contributed by atoms with Gasteiger partial charge < -0.3 is 10.1 Å². The molecular formula is C25H28N4O3. The molecule has 0 aliphatic carbocycles. The standard InChI is InChI=1S/C25H28N4O3/c1-18(30)20-7-5-6-19(16-20)17-28-14-11-21(12-15-28)29-24(10-13-26-29)27-25(31)22-8-3-4-9-23(22)32-2/h3-10,13,16,21H,11-12,14-15,17H2,1-2H3,(H,27,31). The van der Waals surface area contributed by atoms with Gasteiger partial charge in [0.1, 0.15) is 11.6 Å². The van der Waals surface area contributed by atoms with Crippen LogP contribution in [0.25, 0.3) is 0 Å². The topological polar surface area (TPSA) is 76.5 Å². The molecule has 166 valence electrons. The van der Waals surface area contributed by atoms with E-state index < -0.39 is 0 Å². The van der Waals surface area contributed by atoms with Gasteiger partial charge in [-0.15, -0.1) is 0 Å². The number of piperidine rings is 1. The van der Waals surface area contributed by atoms with Crippen LogP contribution in [-0.4, -0.2) is 46.6 Å². The van der Waals surface area contributed by atoms with E-state index in [1.54, 1.807) is 32.4 Å². The monoisotopic (exact) mass is 432 g/mol. The molecule has 1 amide bonds. The van der Waals surface area contributed by atoms with Crippen LogP contribution in [0.15, 0.2) is 60.8 Å². The molecule has 7 nitrogen and oxygen atoms in total. The Hall–Kier alpha value is -3.45. The van der Waals surface area contributed by atoms with Crippen molar-refractivity contribution in [3.63, 3.8) is 0 Å². The number of amides is 1. The molecule has 3 aromatic rings. The van der Waals surface area contributed by atoms with Crippen molar-refractivity contribution in [2.75, 3.05) is 25.5 Å². The Morgan fingerprint density at radius 2 is 1.88 bits per heavy atom. The lowest BCUT2D eigenvalue weighted by Gasteiger charge is -2.32. The molecule has 7 heteroatoms. The zero-order valence-corrected chi connectivity index (χ0v) is 18.5. The highest BCUT2D eigenvalue weighted by Crippen LogP contribution is 2.27. The van der Waals surface area contributed by atoms with Gasteiger partial charge >= 0.3 is 0 Å². The number of nitrogens with one attached hydrogen (secondary N) is 1. The number of Topliss-reactive ketones (excluding diaryl/α,β-unsaturated/α-hetero) is 1. The van der Waals surface area contributed by atoms with Crippen LogP contribution in [0.3, 0.4) is 0 Å². The van der Waals surface area contributed by atoms with Gasteiger partial charge in [0.2, 0.25) is 0 Å². The second kappa shape index (κ2) is 9.78. The quantitative estimate of drug-likeness (QED) is 0.567. The van der Waals surface area contributed by atoms with Gasteiger partial charge in [-0.25, -0.2) is 4.68 Å². The second-order valence-electron chi connectivity index (χ2n) is 8.08. The van der Waals surface area contributed by atoms with Crippen LogP contribution in [0, 0.1) is 0 Å². The third-order valence-electron chi connectivity index (χ3n) is 5.91. The third kappa shape index (κ3) is 4.89. The van der Waals surface area contributed by atoms with Gasteiger partial charge in [0.15, 0.2) is 5.78 Å². The summed E-state index contributed by atoms with van der Waals surface area (Å²) in [6.45, 7) is 4.27. The van der Waals surface area contributed by atoms with Crippen molar-refractivity contribution in [2.24, 2.45) is 0 Å². The first-order valence-electron chi connectivity index (χ1n) is 10.9. The zero-order chi connectivity index (χ0) is 22.5. The summed E-state index contributed by atoms with van der Waals surface area (Å²) in [5.74, 6) is 1.10. The van der Waals surface area contributed by atoms with E-state index in [9.17, 15) is 9.59 Å². The SMILES string of the molecule is COc1ccccc1C(=O)Nc1ccnn1C1CCN(Cc2cccc(C(C)=O)c2)CC1. The normalized spacial score (nSPS) is 14.8. The number of ketones is 1. The molecule has 1 saturated heterocycles. The Labute approximate surface area is 188 Å². The van der Waals surface area contributed by atoms with Gasteiger partial charge in [-0.05, 0) is 43.5 Å². The minimum atomic E-state index is -0.216. The summed E-state index contributed by atoms with van der Waals surface area (Å²) in [4.78, 5) is 26.8. The van der Waals surface area contributed by atoms with E-state index >= 15 is 0 Å². The molecular weight excluding hydrogens is 404 g/mol. The van der Waals surface area contributed by atoms with E-state index in [0.29, 0.717) is 17.1 Å². The number of para-hydroxylation sites is 1. The van der Waals surface area contributed by atoms with Gasteiger partial charge in [-0.1, -0.05) is 30.3 Å². The van der Waals surface area contributed by atoms with Crippen LogP contribution in [-0.2, 0) is 6.54 Å². The van der Waals surface area contributed by atoms with E-state index in [1.165, 1.54) is 0 Å². The first-order valence-corrected chi connectivity index (χ1v) is 10.9. The maximum Gasteiger partial charge on any atom is 0.260 e. The molecule has 1 aliphatic heterocycles. The zero-order valence-electron chi connectivity index (χ0n) is 18.5. The number of anilines is 1. The van der Waals surface area contributed by atoms with Crippen molar-refractivity contribution in [3.05, 3.63) is 77.5 Å². The molecule has 0 spiro atoms. The lowest BCUT2D eigenvalue weighted by atomic mass is 10.0. The maximum atomic E-state index is 12.8. The van der Waals surface area contributed by atoms with E-state index in [2.05, 4.69) is 21.4 Å². The largest absolute Gasteiger partial charge is 0.496 e. The van der Waals surface area contributed by atoms with Crippen molar-refractivity contribution < 1.29 is 14.3 Å². The molecule has 2 aromatic carbocycles. The van der Waals surface area contributed by atoms with Crippen LogP contribution < -0.4 is 10.1 Å². The summed E-state index contributed by atoms with van der Waals surface area (Å²) in [5.41, 5.74) is 2.40. The van der Waals surface area contributed by atoms with Crippen molar-refractivity contribution in [3.8, 4) is 5.75 Å². The summed E-state index contributed by atoms with van der Waals surface area (Å²) < 4.78 is 7.22. The first-order chi connectivity index (χ1) is 15.5. The van der Waals surface area contributed by atoms with Gasteiger partial charge in [-0.3, -0.25) is 14.5 Å². The number of methoxy groups -OCH3 is 1. The van der Waals surface area contributed by atoms with Gasteiger partial charge in [0.25, 0.3) is 5.91 Å². The fourth-order valence-electron chi connectivity index (χ4n) is 4.19. The molecule has 0 saturated carbocycles. The van der Waals surface area contributed by atoms with Crippen LogP contribution in [0.1, 0.15) is 52.1 Å². The van der Waals surface area contributed by atoms with E-state index in [0.717, 1.165) is 43.6 Å². The van der Waals surface area contributed by atoms with E-state index in [4.69, 9.17) is 4.74 Å². The third-order valence-corrected chi connectivity index (χ3v) is 5.91. The Kier molecular flexibility index (Phi) is 6.66. The van der Waals surface area contributed by atoms with Crippen LogP contribution in [0.2, 0.25) is 0 Å². The smallest absolute Gasteiger partial charge is 0.260 e. The number of carbonyl (C=O) groups excluding carboxylic acids is 2. The van der Waals surface area contributed by atoms with Crippen LogP contribution >= 0.6 is 0 Å². The Bertz CT molecular complexity index is 1100. The Balaban J connectivity index is 1.38. The number of aromatic nitrogens is 2. The van der Waals surface area contributed by atoms with Gasteiger partial charge in [0, 0.05) is 31.3 Å².